The van der Waals surface area contributed by atoms with Gasteiger partial charge in [0.15, 0.2) is 0 Å². The van der Waals surface area contributed by atoms with Crippen LogP contribution in [0.2, 0.25) is 0 Å². The van der Waals surface area contributed by atoms with Crippen LogP contribution in [0.15, 0.2) is 41.2 Å². The Bertz CT molecular complexity index is 784. The number of amides is 2. The van der Waals surface area contributed by atoms with Crippen LogP contribution >= 0.6 is 25.7 Å². The third-order valence-electron chi connectivity index (χ3n) is 5.32. The lowest BCUT2D eigenvalue weighted by atomic mass is 9.80. The second-order valence-electron chi connectivity index (χ2n) is 7.37. The van der Waals surface area contributed by atoms with E-state index >= 15 is 0 Å². The van der Waals surface area contributed by atoms with Crippen molar-refractivity contribution in [2.24, 2.45) is 5.92 Å². The average molecular weight is 443 g/mol. The molecule has 0 aliphatic carbocycles. The van der Waals surface area contributed by atoms with Crippen LogP contribution in [0.3, 0.4) is 0 Å². The van der Waals surface area contributed by atoms with Gasteiger partial charge in [0.2, 0.25) is 0 Å². The van der Waals surface area contributed by atoms with Crippen molar-refractivity contribution in [3.05, 3.63) is 42.5 Å². The van der Waals surface area contributed by atoms with Crippen LogP contribution in [0, 0.1) is 11.7 Å². The van der Waals surface area contributed by atoms with Gasteiger partial charge in [0, 0.05) is 31.7 Å². The topological polar surface area (TPSA) is 70.8 Å². The number of carbonyl (C=O) groups is 1. The Labute approximate surface area is 181 Å². The van der Waals surface area contributed by atoms with Crippen molar-refractivity contribution in [1.29, 1.82) is 0 Å². The maximum absolute atomic E-state index is 13.3. The second kappa shape index (κ2) is 10.2. The van der Waals surface area contributed by atoms with Crippen LogP contribution in [-0.4, -0.2) is 46.1 Å². The molecule has 1 aliphatic rings. The molecule has 0 bridgehead atoms. The number of benzene rings is 1. The van der Waals surface area contributed by atoms with Gasteiger partial charge in [-0.25, -0.2) is 13.5 Å². The molecule has 2 aromatic rings. The Hall–Kier alpha value is -1.91. The molecule has 1 saturated heterocycles. The monoisotopic (exact) mass is 442 g/mol. The van der Waals surface area contributed by atoms with Crippen molar-refractivity contribution >= 4 is 37.4 Å². The summed E-state index contributed by atoms with van der Waals surface area (Å²) in [7, 11) is 1.97. The van der Waals surface area contributed by atoms with Gasteiger partial charge in [-0.1, -0.05) is 11.2 Å². The van der Waals surface area contributed by atoms with Crippen molar-refractivity contribution in [3.8, 4) is 5.75 Å². The van der Waals surface area contributed by atoms with Crippen molar-refractivity contribution in [2.45, 2.75) is 32.2 Å². The minimum absolute atomic E-state index is 0. The molecule has 2 amide bonds. The number of hydrogen-bond donors (Lipinski definition) is 1. The molecule has 0 unspecified atom stereocenters. The summed E-state index contributed by atoms with van der Waals surface area (Å²) in [5, 5.41) is 6.36. The molecule has 3 rings (SSSR count). The van der Waals surface area contributed by atoms with Gasteiger partial charge in [-0.05, 0) is 44.7 Å². The van der Waals surface area contributed by atoms with Gasteiger partial charge < -0.3 is 18.9 Å². The van der Waals surface area contributed by atoms with Gasteiger partial charge >= 0.3 is 6.03 Å². The van der Waals surface area contributed by atoms with Crippen LogP contribution in [-0.2, 0) is 0 Å². The van der Waals surface area contributed by atoms with Gasteiger partial charge in [0.05, 0.1) is 6.20 Å². The lowest BCUT2D eigenvalue weighted by Gasteiger charge is -2.44. The highest BCUT2D eigenvalue weighted by Crippen LogP contribution is 2.36. The smallest absolute Gasteiger partial charge is 0.321 e. The van der Waals surface area contributed by atoms with Gasteiger partial charge in [-0.2, -0.15) is 13.5 Å². The number of anilines is 1. The molecule has 1 N–H and O–H groups in total. The van der Waals surface area contributed by atoms with Crippen molar-refractivity contribution in [1.82, 2.24) is 14.4 Å². The molecule has 10 heteroatoms. The number of nitrogens with one attached hydrogen (secondary N) is 1. The zero-order valence-electron chi connectivity index (χ0n) is 16.7. The zero-order valence-corrected chi connectivity index (χ0v) is 18.5. The average Bonchev–Trinajstić information content (AvgIpc) is 3.19. The van der Waals surface area contributed by atoms with E-state index in [9.17, 15) is 9.18 Å². The Balaban J connectivity index is 0.00000300. The number of hydrogen-bond acceptors (Lipinski definition) is 6. The van der Waals surface area contributed by atoms with Crippen molar-refractivity contribution in [3.63, 3.8) is 0 Å². The van der Waals surface area contributed by atoms with Crippen LogP contribution in [0.5, 0.6) is 5.75 Å². The van der Waals surface area contributed by atoms with Gasteiger partial charge in [0.1, 0.15) is 35.7 Å². The van der Waals surface area contributed by atoms with E-state index in [1.165, 1.54) is 36.8 Å². The molecule has 1 aromatic heterocycles. The molecule has 0 radical (unpaired) electrons. The van der Waals surface area contributed by atoms with Crippen LogP contribution in [0.25, 0.3) is 0 Å². The number of aromatic nitrogens is 1. The normalized spacial score (nSPS) is 15.1. The summed E-state index contributed by atoms with van der Waals surface area (Å²) in [5.41, 5.74) is 0.396. The predicted octanol–water partition coefficient (Wildman–Crippen LogP) is 4.52. The number of halogens is 1. The van der Waals surface area contributed by atoms with E-state index in [2.05, 4.69) is 28.6 Å². The molecule has 1 fully saturated rings. The molecule has 1 aromatic carbocycles. The van der Waals surface area contributed by atoms with Crippen molar-refractivity contribution < 1.29 is 17.9 Å². The lowest BCUT2D eigenvalue weighted by Crippen LogP contribution is -2.50. The molecule has 1 aliphatic heterocycles. The number of nitrogens with zero attached hydrogens (tertiary/aromatic N) is 3. The molecule has 2 heterocycles. The highest BCUT2D eigenvalue weighted by Gasteiger charge is 2.37. The van der Waals surface area contributed by atoms with E-state index in [4.69, 9.17) is 8.71 Å². The van der Waals surface area contributed by atoms with E-state index in [1.54, 1.807) is 17.0 Å². The Morgan fingerprint density at radius 2 is 2.14 bits per heavy atom. The van der Waals surface area contributed by atoms with Crippen LogP contribution < -0.4 is 9.50 Å². The van der Waals surface area contributed by atoms with Gasteiger partial charge in [-0.15, -0.1) is 0 Å². The fourth-order valence-corrected chi connectivity index (χ4v) is 3.87. The number of urea groups is 1. The summed E-state index contributed by atoms with van der Waals surface area (Å²) in [6, 6.07) is 5.95. The summed E-state index contributed by atoms with van der Waals surface area (Å²) in [5.74, 6) is 0.547. The SMILES string of the molecule is CN(SOc1cccc(F)c1)C(C)(C)C1CCN(C(=O)Nc2cnoc2)CC1.S. The number of carbonyl (C=O) groups excluding carboxylic acids is 1. The lowest BCUT2D eigenvalue weighted by molar-refractivity contribution is 0.106. The molecular formula is C19H27FN4O3S2. The highest BCUT2D eigenvalue weighted by atomic mass is 32.2. The van der Waals surface area contributed by atoms with E-state index in [-0.39, 0.29) is 30.9 Å². The van der Waals surface area contributed by atoms with Crippen molar-refractivity contribution in [2.75, 3.05) is 25.5 Å². The summed E-state index contributed by atoms with van der Waals surface area (Å²) < 4.78 is 25.7. The Kier molecular flexibility index (Phi) is 8.23. The maximum Gasteiger partial charge on any atom is 0.321 e. The first-order valence-corrected chi connectivity index (χ1v) is 9.85. The minimum Gasteiger partial charge on any atom is -0.409 e. The number of rotatable bonds is 6. The summed E-state index contributed by atoms with van der Waals surface area (Å²) in [6.07, 6.45) is 4.64. The van der Waals surface area contributed by atoms with E-state index in [1.807, 2.05) is 7.05 Å². The summed E-state index contributed by atoms with van der Waals surface area (Å²) in [4.78, 5) is 14.1. The zero-order chi connectivity index (χ0) is 20.1. The summed E-state index contributed by atoms with van der Waals surface area (Å²) in [6.45, 7) is 5.67. The molecule has 160 valence electrons. The molecule has 0 saturated carbocycles. The second-order valence-corrected chi connectivity index (χ2v) is 8.23. The third kappa shape index (κ3) is 6.03. The van der Waals surface area contributed by atoms with Gasteiger partial charge in [0.25, 0.3) is 0 Å². The predicted molar refractivity (Wildman–Crippen MR) is 117 cm³/mol. The first kappa shape index (κ1) is 23.4. The maximum atomic E-state index is 13.3. The van der Waals surface area contributed by atoms with Crippen LogP contribution in [0.1, 0.15) is 26.7 Å². The standard InChI is InChI=1S/C19H25FN4O3S.H2S/c1-19(2,23(3)28-27-17-6-4-5-15(20)11-17)14-7-9-24(10-8-14)18(25)22-16-12-21-26-13-16;/h4-6,11-14H,7-10H2,1-3H3,(H,22,25);1H2. The van der Waals surface area contributed by atoms with E-state index < -0.39 is 0 Å². The molecular weight excluding hydrogens is 415 g/mol. The molecule has 0 spiro atoms. The quantitative estimate of drug-likeness (QED) is 0.524. The Morgan fingerprint density at radius 1 is 1.41 bits per heavy atom. The Morgan fingerprint density at radius 3 is 2.76 bits per heavy atom. The van der Waals surface area contributed by atoms with Gasteiger partial charge in [-0.3, -0.25) is 0 Å². The highest BCUT2D eigenvalue weighted by molar-refractivity contribution is 7.92. The van der Waals surface area contributed by atoms with Crippen LogP contribution in [0.4, 0.5) is 14.9 Å². The van der Waals surface area contributed by atoms with E-state index in [0.29, 0.717) is 30.4 Å². The number of likely N-dealkylation sites (tertiary alicyclic amines) is 1. The first-order chi connectivity index (χ1) is 13.4. The summed E-state index contributed by atoms with van der Waals surface area (Å²) >= 11 is 1.21. The molecule has 29 heavy (non-hydrogen) atoms. The molecule has 7 nitrogen and oxygen atoms in total. The minimum atomic E-state index is -0.322. The third-order valence-corrected chi connectivity index (χ3v) is 6.28. The molecule has 0 atom stereocenters. The fourth-order valence-electron chi connectivity index (χ4n) is 3.23. The fraction of sp³-hybridized carbons (Fsp3) is 0.474. The largest absolute Gasteiger partial charge is 0.409 e. The van der Waals surface area contributed by atoms with E-state index in [0.717, 1.165) is 12.8 Å². The number of piperidine rings is 1. The first-order valence-electron chi connectivity index (χ1n) is 9.15.